The van der Waals surface area contributed by atoms with Crippen LogP contribution in [0.1, 0.15) is 10.4 Å². The zero-order valence-electron chi connectivity index (χ0n) is 9.38. The predicted molar refractivity (Wildman–Crippen MR) is 64.3 cm³/mol. The van der Waals surface area contributed by atoms with Crippen LogP contribution in [-0.4, -0.2) is 39.7 Å². The molecule has 1 heterocycles. The minimum atomic E-state index is -1.60. The van der Waals surface area contributed by atoms with Gasteiger partial charge in [0.25, 0.3) is 5.91 Å². The molecule has 0 bridgehead atoms. The molecule has 1 amide bonds. The molecule has 18 heavy (non-hydrogen) atoms. The molecule has 2 aromatic rings. The second kappa shape index (κ2) is 4.89. The number of H-pyrrole nitrogens is 1. The molecule has 1 unspecified atom stereocenters. The van der Waals surface area contributed by atoms with E-state index in [1.807, 2.05) is 12.1 Å². The van der Waals surface area contributed by atoms with Gasteiger partial charge in [0.05, 0.1) is 12.1 Å². The molecule has 0 radical (unpaired) electrons. The standard InChI is InChI=1S/C12H12N2O4/c15-10(12(17)18)6-14-11(16)8-5-13-9-4-2-1-3-7(8)9/h1-5,10,13,15H,6H2,(H,14,16)(H,17,18). The van der Waals surface area contributed by atoms with E-state index in [0.29, 0.717) is 5.56 Å². The minimum Gasteiger partial charge on any atom is -0.479 e. The number of carboxylic acids is 1. The highest BCUT2D eigenvalue weighted by Crippen LogP contribution is 2.17. The second-order valence-electron chi connectivity index (χ2n) is 3.81. The maximum absolute atomic E-state index is 11.8. The molecule has 1 aromatic heterocycles. The average molecular weight is 248 g/mol. The molecule has 6 heteroatoms. The van der Waals surface area contributed by atoms with Crippen LogP contribution in [0.4, 0.5) is 0 Å². The fraction of sp³-hybridized carbons (Fsp3) is 0.167. The van der Waals surface area contributed by atoms with Crippen molar-refractivity contribution in [3.63, 3.8) is 0 Å². The van der Waals surface area contributed by atoms with Gasteiger partial charge in [0, 0.05) is 17.1 Å². The Morgan fingerprint density at radius 1 is 1.33 bits per heavy atom. The quantitative estimate of drug-likeness (QED) is 0.626. The second-order valence-corrected chi connectivity index (χ2v) is 3.81. The summed E-state index contributed by atoms with van der Waals surface area (Å²) in [7, 11) is 0. The van der Waals surface area contributed by atoms with E-state index in [1.165, 1.54) is 0 Å². The van der Waals surface area contributed by atoms with Gasteiger partial charge in [-0.05, 0) is 6.07 Å². The summed E-state index contributed by atoms with van der Waals surface area (Å²) in [6, 6.07) is 7.26. The van der Waals surface area contributed by atoms with Crippen molar-refractivity contribution < 1.29 is 19.8 Å². The van der Waals surface area contributed by atoms with Gasteiger partial charge < -0.3 is 20.5 Å². The smallest absolute Gasteiger partial charge is 0.334 e. The lowest BCUT2D eigenvalue weighted by Crippen LogP contribution is -2.36. The van der Waals surface area contributed by atoms with Crippen LogP contribution in [0.15, 0.2) is 30.5 Å². The Kier molecular flexibility index (Phi) is 3.29. The number of para-hydroxylation sites is 1. The van der Waals surface area contributed by atoms with Crippen LogP contribution >= 0.6 is 0 Å². The van der Waals surface area contributed by atoms with E-state index in [4.69, 9.17) is 10.2 Å². The maximum Gasteiger partial charge on any atom is 0.334 e. The van der Waals surface area contributed by atoms with Gasteiger partial charge in [0.2, 0.25) is 0 Å². The van der Waals surface area contributed by atoms with Crippen molar-refractivity contribution in [1.82, 2.24) is 10.3 Å². The van der Waals surface area contributed by atoms with E-state index in [9.17, 15) is 9.59 Å². The van der Waals surface area contributed by atoms with Crippen molar-refractivity contribution in [3.8, 4) is 0 Å². The zero-order valence-corrected chi connectivity index (χ0v) is 9.38. The van der Waals surface area contributed by atoms with E-state index in [1.54, 1.807) is 18.3 Å². The summed E-state index contributed by atoms with van der Waals surface area (Å²) in [6.45, 7) is -0.326. The van der Waals surface area contributed by atoms with Crippen LogP contribution in [0.2, 0.25) is 0 Å². The van der Waals surface area contributed by atoms with Crippen LogP contribution in [0.5, 0.6) is 0 Å². The molecule has 4 N–H and O–H groups in total. The number of carbonyl (C=O) groups excluding carboxylic acids is 1. The van der Waals surface area contributed by atoms with Crippen LogP contribution in [-0.2, 0) is 4.79 Å². The third-order valence-electron chi connectivity index (χ3n) is 2.57. The highest BCUT2D eigenvalue weighted by molar-refractivity contribution is 6.06. The SMILES string of the molecule is O=C(NCC(O)C(=O)O)c1c[nH]c2ccccc12. The zero-order chi connectivity index (χ0) is 13.1. The number of carbonyl (C=O) groups is 2. The van der Waals surface area contributed by atoms with Crippen molar-refractivity contribution >= 4 is 22.8 Å². The number of aromatic nitrogens is 1. The molecule has 0 fully saturated rings. The molecule has 0 aliphatic carbocycles. The van der Waals surface area contributed by atoms with Gasteiger partial charge in [-0.3, -0.25) is 4.79 Å². The topological polar surface area (TPSA) is 102 Å². The molecule has 2 rings (SSSR count). The molecule has 1 atom stereocenters. The molecule has 94 valence electrons. The molecule has 0 aliphatic rings. The summed E-state index contributed by atoms with van der Waals surface area (Å²) < 4.78 is 0. The number of amides is 1. The highest BCUT2D eigenvalue weighted by Gasteiger charge is 2.16. The largest absolute Gasteiger partial charge is 0.479 e. The molecule has 0 spiro atoms. The molecule has 0 saturated heterocycles. The van der Waals surface area contributed by atoms with Crippen molar-refractivity contribution in [2.45, 2.75) is 6.10 Å². The molecule has 0 aliphatic heterocycles. The number of hydrogen-bond acceptors (Lipinski definition) is 3. The first-order valence-electron chi connectivity index (χ1n) is 5.35. The Labute approximate surface area is 102 Å². The fourth-order valence-electron chi connectivity index (χ4n) is 1.63. The van der Waals surface area contributed by atoms with Crippen molar-refractivity contribution in [3.05, 3.63) is 36.0 Å². The Balaban J connectivity index is 2.12. The summed E-state index contributed by atoms with van der Waals surface area (Å²) in [5.41, 5.74) is 1.24. The third-order valence-corrected chi connectivity index (χ3v) is 2.57. The van der Waals surface area contributed by atoms with E-state index in [2.05, 4.69) is 10.3 Å². The normalized spacial score (nSPS) is 12.3. The van der Waals surface area contributed by atoms with Gasteiger partial charge in [-0.1, -0.05) is 18.2 Å². The van der Waals surface area contributed by atoms with Gasteiger partial charge in [-0.2, -0.15) is 0 Å². The summed E-state index contributed by atoms with van der Waals surface area (Å²) in [5.74, 6) is -1.79. The van der Waals surface area contributed by atoms with Crippen LogP contribution in [0, 0.1) is 0 Å². The van der Waals surface area contributed by atoms with Crippen LogP contribution in [0.25, 0.3) is 10.9 Å². The van der Waals surface area contributed by atoms with Crippen molar-refractivity contribution in [2.75, 3.05) is 6.54 Å². The van der Waals surface area contributed by atoms with E-state index < -0.39 is 18.0 Å². The van der Waals surface area contributed by atoms with Crippen LogP contribution < -0.4 is 5.32 Å². The number of fused-ring (bicyclic) bond motifs is 1. The molecular weight excluding hydrogens is 236 g/mol. The minimum absolute atomic E-state index is 0.326. The van der Waals surface area contributed by atoms with Gasteiger partial charge >= 0.3 is 5.97 Å². The van der Waals surface area contributed by atoms with Crippen molar-refractivity contribution in [1.29, 1.82) is 0 Å². The number of aromatic amines is 1. The lowest BCUT2D eigenvalue weighted by Gasteiger charge is -2.06. The number of nitrogens with one attached hydrogen (secondary N) is 2. The number of carboxylic acid groups (broad SMARTS) is 1. The molecule has 1 aromatic carbocycles. The number of aliphatic carboxylic acids is 1. The average Bonchev–Trinajstić information content (AvgIpc) is 2.79. The Hall–Kier alpha value is -2.34. The monoisotopic (exact) mass is 248 g/mol. The summed E-state index contributed by atoms with van der Waals surface area (Å²) in [5, 5.41) is 20.7. The third kappa shape index (κ3) is 2.33. The summed E-state index contributed by atoms with van der Waals surface area (Å²) >= 11 is 0. The van der Waals surface area contributed by atoms with Gasteiger partial charge in [-0.15, -0.1) is 0 Å². The van der Waals surface area contributed by atoms with E-state index in [-0.39, 0.29) is 6.54 Å². The summed E-state index contributed by atoms with van der Waals surface area (Å²) in [4.78, 5) is 25.2. The van der Waals surface area contributed by atoms with Gasteiger partial charge in [0.15, 0.2) is 6.10 Å². The fourth-order valence-corrected chi connectivity index (χ4v) is 1.63. The number of aliphatic hydroxyl groups is 1. The first-order valence-corrected chi connectivity index (χ1v) is 5.35. The number of rotatable bonds is 4. The van der Waals surface area contributed by atoms with E-state index >= 15 is 0 Å². The maximum atomic E-state index is 11.8. The summed E-state index contributed by atoms with van der Waals surface area (Å²) in [6.07, 6.45) is -0.0492. The van der Waals surface area contributed by atoms with Gasteiger partial charge in [0.1, 0.15) is 0 Å². The lowest BCUT2D eigenvalue weighted by molar-refractivity contribution is -0.146. The Morgan fingerprint density at radius 2 is 2.06 bits per heavy atom. The highest BCUT2D eigenvalue weighted by atomic mass is 16.4. The van der Waals surface area contributed by atoms with Crippen LogP contribution in [0.3, 0.4) is 0 Å². The Bertz CT molecular complexity index is 591. The number of benzene rings is 1. The molecular formula is C12H12N2O4. The number of hydrogen-bond donors (Lipinski definition) is 4. The van der Waals surface area contributed by atoms with Gasteiger partial charge in [-0.25, -0.2) is 4.79 Å². The molecule has 0 saturated carbocycles. The first-order chi connectivity index (χ1) is 8.59. The Morgan fingerprint density at radius 3 is 2.78 bits per heavy atom. The first kappa shape index (κ1) is 12.1. The lowest BCUT2D eigenvalue weighted by atomic mass is 10.1. The predicted octanol–water partition coefficient (Wildman–Crippen LogP) is 0.343. The van der Waals surface area contributed by atoms with E-state index in [0.717, 1.165) is 10.9 Å². The van der Waals surface area contributed by atoms with Crippen molar-refractivity contribution in [2.24, 2.45) is 0 Å². The molecule has 6 nitrogen and oxygen atoms in total. The number of aliphatic hydroxyl groups excluding tert-OH is 1.